The molecule has 5 nitrogen and oxygen atoms in total. The van der Waals surface area contributed by atoms with Gasteiger partial charge in [-0.1, -0.05) is 6.07 Å². The monoisotopic (exact) mass is 330 g/mol. The minimum Gasteiger partial charge on any atom is -0.492 e. The van der Waals surface area contributed by atoms with E-state index in [9.17, 15) is 0 Å². The van der Waals surface area contributed by atoms with Crippen LogP contribution in [-0.4, -0.2) is 45.1 Å². The van der Waals surface area contributed by atoms with E-state index in [1.54, 1.807) is 12.1 Å². The van der Waals surface area contributed by atoms with Crippen molar-refractivity contribution in [3.63, 3.8) is 0 Å². The van der Waals surface area contributed by atoms with Crippen molar-refractivity contribution in [2.75, 3.05) is 33.0 Å². The number of benzene rings is 1. The fourth-order valence-electron chi connectivity index (χ4n) is 3.95. The Bertz CT molecular complexity index is 578. The molecule has 1 aromatic rings. The van der Waals surface area contributed by atoms with Crippen LogP contribution < -0.4 is 10.1 Å². The van der Waals surface area contributed by atoms with E-state index in [0.717, 1.165) is 51.4 Å². The molecule has 0 radical (unpaired) electrons. The Morgan fingerprint density at radius 1 is 1.38 bits per heavy atom. The highest BCUT2D eigenvalue weighted by molar-refractivity contribution is 5.36. The summed E-state index contributed by atoms with van der Waals surface area (Å²) < 4.78 is 17.2. The van der Waals surface area contributed by atoms with Gasteiger partial charge in [0.15, 0.2) is 0 Å². The van der Waals surface area contributed by atoms with E-state index in [0.29, 0.717) is 24.3 Å². The van der Waals surface area contributed by atoms with E-state index in [4.69, 9.17) is 19.5 Å². The summed E-state index contributed by atoms with van der Waals surface area (Å²) in [5.41, 5.74) is 0.856. The molecule has 3 rings (SSSR count). The fourth-order valence-corrected chi connectivity index (χ4v) is 3.95. The molecule has 2 aliphatic rings. The Morgan fingerprint density at radius 2 is 2.21 bits per heavy atom. The first-order chi connectivity index (χ1) is 11.8. The number of hydrogen-bond donors (Lipinski definition) is 1. The third-order valence-electron chi connectivity index (χ3n) is 5.30. The molecule has 1 aliphatic heterocycles. The number of nitriles is 1. The molecule has 1 aliphatic carbocycles. The van der Waals surface area contributed by atoms with Crippen LogP contribution in [0.2, 0.25) is 0 Å². The van der Waals surface area contributed by atoms with Crippen molar-refractivity contribution in [1.29, 1.82) is 5.26 Å². The molecule has 1 aromatic carbocycles. The Balaban J connectivity index is 1.47. The molecule has 1 N–H and O–H groups in total. The van der Waals surface area contributed by atoms with E-state index >= 15 is 0 Å². The SMILES string of the molecule is CCO[C@H]1C[C@@H](NCCOc2cccc(C#N)c2)C12CCOCC2. The number of nitrogens with zero attached hydrogens (tertiary/aromatic N) is 1. The second-order valence-corrected chi connectivity index (χ2v) is 6.52. The van der Waals surface area contributed by atoms with E-state index in [2.05, 4.69) is 18.3 Å². The van der Waals surface area contributed by atoms with Crippen molar-refractivity contribution in [1.82, 2.24) is 5.32 Å². The zero-order chi connectivity index (χ0) is 16.8. The van der Waals surface area contributed by atoms with Crippen molar-refractivity contribution in [3.8, 4) is 11.8 Å². The molecule has 1 saturated carbocycles. The van der Waals surface area contributed by atoms with Gasteiger partial charge in [-0.3, -0.25) is 0 Å². The molecule has 130 valence electrons. The summed E-state index contributed by atoms with van der Waals surface area (Å²) in [6.45, 7) is 5.90. The Kier molecular flexibility index (Phi) is 5.72. The van der Waals surface area contributed by atoms with Gasteiger partial charge in [-0.2, -0.15) is 5.26 Å². The lowest BCUT2D eigenvalue weighted by Gasteiger charge is -2.57. The molecule has 2 atom stereocenters. The lowest BCUT2D eigenvalue weighted by Crippen LogP contribution is -2.65. The zero-order valence-corrected chi connectivity index (χ0v) is 14.3. The van der Waals surface area contributed by atoms with Gasteiger partial charge in [-0.15, -0.1) is 0 Å². The fraction of sp³-hybridized carbons (Fsp3) is 0.632. The summed E-state index contributed by atoms with van der Waals surface area (Å²) in [7, 11) is 0. The summed E-state index contributed by atoms with van der Waals surface area (Å²) >= 11 is 0. The maximum absolute atomic E-state index is 8.92. The minimum absolute atomic E-state index is 0.231. The summed E-state index contributed by atoms with van der Waals surface area (Å²) in [6, 6.07) is 9.89. The first-order valence-corrected chi connectivity index (χ1v) is 8.84. The molecular formula is C19H26N2O3. The molecular weight excluding hydrogens is 304 g/mol. The highest BCUT2D eigenvalue weighted by Gasteiger charge is 2.55. The Morgan fingerprint density at radius 3 is 2.96 bits per heavy atom. The third-order valence-corrected chi connectivity index (χ3v) is 5.30. The summed E-state index contributed by atoms with van der Waals surface area (Å²) in [6.07, 6.45) is 3.57. The lowest BCUT2D eigenvalue weighted by molar-refractivity contribution is -0.172. The molecule has 1 saturated heterocycles. The maximum atomic E-state index is 8.92. The van der Waals surface area contributed by atoms with Gasteiger partial charge in [0.1, 0.15) is 12.4 Å². The van der Waals surface area contributed by atoms with Crippen LogP contribution >= 0.6 is 0 Å². The topological polar surface area (TPSA) is 63.5 Å². The molecule has 2 fully saturated rings. The summed E-state index contributed by atoms with van der Waals surface area (Å²) in [5, 5.41) is 12.6. The molecule has 0 bridgehead atoms. The number of nitrogens with one attached hydrogen (secondary N) is 1. The van der Waals surface area contributed by atoms with Gasteiger partial charge in [-0.25, -0.2) is 0 Å². The summed E-state index contributed by atoms with van der Waals surface area (Å²) in [5.74, 6) is 0.748. The van der Waals surface area contributed by atoms with Crippen molar-refractivity contribution in [3.05, 3.63) is 29.8 Å². The van der Waals surface area contributed by atoms with Gasteiger partial charge < -0.3 is 19.5 Å². The quantitative estimate of drug-likeness (QED) is 0.778. The number of hydrogen-bond acceptors (Lipinski definition) is 5. The molecule has 0 amide bonds. The maximum Gasteiger partial charge on any atom is 0.120 e. The predicted octanol–water partition coefficient (Wildman–Crippen LogP) is 2.50. The van der Waals surface area contributed by atoms with Crippen LogP contribution in [0.25, 0.3) is 0 Å². The number of rotatable bonds is 7. The van der Waals surface area contributed by atoms with Crippen LogP contribution in [-0.2, 0) is 9.47 Å². The van der Waals surface area contributed by atoms with Crippen molar-refractivity contribution in [2.24, 2.45) is 5.41 Å². The van der Waals surface area contributed by atoms with Gasteiger partial charge in [0.25, 0.3) is 0 Å². The highest BCUT2D eigenvalue weighted by Crippen LogP contribution is 2.50. The van der Waals surface area contributed by atoms with Gasteiger partial charge in [0.05, 0.1) is 17.7 Å². The second-order valence-electron chi connectivity index (χ2n) is 6.52. The Labute approximate surface area is 143 Å². The van der Waals surface area contributed by atoms with Crippen LogP contribution in [0, 0.1) is 16.7 Å². The predicted molar refractivity (Wildman–Crippen MR) is 91.0 cm³/mol. The summed E-state index contributed by atoms with van der Waals surface area (Å²) in [4.78, 5) is 0. The normalized spacial score (nSPS) is 25.0. The molecule has 1 spiro atoms. The van der Waals surface area contributed by atoms with Crippen molar-refractivity contribution >= 4 is 0 Å². The van der Waals surface area contributed by atoms with Gasteiger partial charge >= 0.3 is 0 Å². The smallest absolute Gasteiger partial charge is 0.120 e. The van der Waals surface area contributed by atoms with E-state index < -0.39 is 0 Å². The standard InChI is InChI=1S/C19H26N2O3/c1-2-23-18-13-17(19(18)6-9-22-10-7-19)21-8-11-24-16-5-3-4-15(12-16)14-20/h3-5,12,17-18,21H,2,6-11,13H2,1H3/t17-,18+/m1/s1. The van der Waals surface area contributed by atoms with Gasteiger partial charge in [0.2, 0.25) is 0 Å². The average Bonchev–Trinajstić information content (AvgIpc) is 2.64. The van der Waals surface area contributed by atoms with Crippen LogP contribution in [0.5, 0.6) is 5.75 Å². The van der Waals surface area contributed by atoms with E-state index in [1.807, 2.05) is 12.1 Å². The van der Waals surface area contributed by atoms with Crippen molar-refractivity contribution in [2.45, 2.75) is 38.3 Å². The van der Waals surface area contributed by atoms with Crippen LogP contribution in [0.4, 0.5) is 0 Å². The number of ether oxygens (including phenoxy) is 3. The van der Waals surface area contributed by atoms with Crippen LogP contribution in [0.1, 0.15) is 31.7 Å². The van der Waals surface area contributed by atoms with Gasteiger partial charge in [0, 0.05) is 37.8 Å². The highest BCUT2D eigenvalue weighted by atomic mass is 16.5. The largest absolute Gasteiger partial charge is 0.492 e. The van der Waals surface area contributed by atoms with Gasteiger partial charge in [-0.05, 0) is 44.4 Å². The molecule has 24 heavy (non-hydrogen) atoms. The van der Waals surface area contributed by atoms with E-state index in [-0.39, 0.29) is 5.41 Å². The van der Waals surface area contributed by atoms with E-state index in [1.165, 1.54) is 0 Å². The molecule has 0 unspecified atom stereocenters. The zero-order valence-electron chi connectivity index (χ0n) is 14.3. The average molecular weight is 330 g/mol. The third kappa shape index (κ3) is 3.56. The first kappa shape index (κ1) is 17.2. The molecule has 1 heterocycles. The second kappa shape index (κ2) is 7.98. The molecule has 0 aromatic heterocycles. The Hall–Kier alpha value is -1.61. The molecule has 5 heteroatoms. The van der Waals surface area contributed by atoms with Crippen LogP contribution in [0.15, 0.2) is 24.3 Å². The lowest BCUT2D eigenvalue weighted by atomic mass is 9.57. The van der Waals surface area contributed by atoms with Crippen LogP contribution in [0.3, 0.4) is 0 Å². The minimum atomic E-state index is 0.231. The first-order valence-electron chi connectivity index (χ1n) is 8.84. The van der Waals surface area contributed by atoms with Crippen molar-refractivity contribution < 1.29 is 14.2 Å².